The van der Waals surface area contributed by atoms with Crippen molar-refractivity contribution >= 4 is 42.8 Å². The summed E-state index contributed by atoms with van der Waals surface area (Å²) in [7, 11) is 0. The zero-order chi connectivity index (χ0) is 23.5. The Morgan fingerprint density at radius 1 is 0.500 bits per heavy atom. The van der Waals surface area contributed by atoms with Gasteiger partial charge in [0.1, 0.15) is 0 Å². The average molecular weight is 447 g/mol. The predicted molar refractivity (Wildman–Crippen MR) is 146 cm³/mol. The molecular weight excluding hydrogens is 420 g/mol. The molecular formula is C28H26N6. The van der Waals surface area contributed by atoms with Crippen LogP contribution in [0.5, 0.6) is 0 Å². The number of nitrogens with one attached hydrogen (secondary N) is 2. The van der Waals surface area contributed by atoms with Crippen molar-refractivity contribution in [2.45, 2.75) is 0 Å². The van der Waals surface area contributed by atoms with Gasteiger partial charge in [-0.1, -0.05) is 109 Å². The van der Waals surface area contributed by atoms with Gasteiger partial charge in [0.25, 0.3) is 5.96 Å². The quantitative estimate of drug-likeness (QED) is 0.254. The third kappa shape index (κ3) is 9.98. The molecule has 0 spiro atoms. The Morgan fingerprint density at radius 2 is 0.882 bits per heavy atom. The van der Waals surface area contributed by atoms with Gasteiger partial charge in [-0.2, -0.15) is 15.3 Å². The zero-order valence-electron chi connectivity index (χ0n) is 18.6. The molecule has 3 aromatic rings. The molecule has 0 amide bonds. The van der Waals surface area contributed by atoms with E-state index in [0.717, 1.165) is 16.7 Å². The smallest absolute Gasteiger partial charge is 0.244 e. The average Bonchev–Trinajstić information content (AvgIpc) is 2.89. The van der Waals surface area contributed by atoms with E-state index in [1.54, 1.807) is 18.6 Å². The SMILES string of the molecule is C(=Cc1ccccc1)C=NN=C(NN=CC=Cc1ccccc1)NN=CC=Cc1ccccc1. The van der Waals surface area contributed by atoms with E-state index in [-0.39, 0.29) is 5.96 Å². The molecule has 0 saturated heterocycles. The highest BCUT2D eigenvalue weighted by molar-refractivity contribution is 5.85. The van der Waals surface area contributed by atoms with Crippen LogP contribution in [0.4, 0.5) is 0 Å². The lowest BCUT2D eigenvalue weighted by Gasteiger charge is -2.01. The van der Waals surface area contributed by atoms with Crippen molar-refractivity contribution < 1.29 is 0 Å². The fraction of sp³-hybridized carbons (Fsp3) is 0. The van der Waals surface area contributed by atoms with Crippen LogP contribution < -0.4 is 10.9 Å². The van der Waals surface area contributed by atoms with Crippen LogP contribution in [0.25, 0.3) is 18.2 Å². The lowest BCUT2D eigenvalue weighted by molar-refractivity contribution is 0.891. The molecule has 0 bridgehead atoms. The monoisotopic (exact) mass is 446 g/mol. The summed E-state index contributed by atoms with van der Waals surface area (Å²) >= 11 is 0. The summed E-state index contributed by atoms with van der Waals surface area (Å²) in [6.07, 6.45) is 16.2. The highest BCUT2D eigenvalue weighted by atomic mass is 15.5. The van der Waals surface area contributed by atoms with Crippen molar-refractivity contribution in [2.75, 3.05) is 0 Å². The van der Waals surface area contributed by atoms with E-state index >= 15 is 0 Å². The molecule has 3 aromatic carbocycles. The second kappa shape index (κ2) is 15.0. The maximum atomic E-state index is 4.14. The highest BCUT2D eigenvalue weighted by Crippen LogP contribution is 2.01. The normalized spacial score (nSPS) is 12.0. The van der Waals surface area contributed by atoms with Crippen molar-refractivity contribution in [3.8, 4) is 0 Å². The number of guanidine groups is 1. The maximum absolute atomic E-state index is 4.14. The predicted octanol–water partition coefficient (Wildman–Crippen LogP) is 5.62. The molecule has 6 nitrogen and oxygen atoms in total. The van der Waals surface area contributed by atoms with Crippen LogP contribution in [0.2, 0.25) is 0 Å². The summed E-state index contributed by atoms with van der Waals surface area (Å²) in [4.78, 5) is 0. The van der Waals surface area contributed by atoms with Crippen LogP contribution in [0.15, 0.2) is 130 Å². The van der Waals surface area contributed by atoms with Crippen molar-refractivity contribution in [1.29, 1.82) is 0 Å². The first-order chi connectivity index (χ1) is 16.9. The van der Waals surface area contributed by atoms with Gasteiger partial charge in [0.15, 0.2) is 0 Å². The van der Waals surface area contributed by atoms with Crippen LogP contribution in [0, 0.1) is 0 Å². The van der Waals surface area contributed by atoms with Gasteiger partial charge in [0.2, 0.25) is 0 Å². The second-order valence-electron chi connectivity index (χ2n) is 6.80. The topological polar surface area (TPSA) is 73.5 Å². The first kappa shape index (κ1) is 23.8. The third-order valence-corrected chi connectivity index (χ3v) is 4.24. The van der Waals surface area contributed by atoms with Crippen LogP contribution >= 0.6 is 0 Å². The van der Waals surface area contributed by atoms with Gasteiger partial charge in [-0.3, -0.25) is 0 Å². The number of hydrazone groups is 2. The van der Waals surface area contributed by atoms with Gasteiger partial charge in [-0.05, 0) is 34.9 Å². The van der Waals surface area contributed by atoms with Crippen LogP contribution in [0.1, 0.15) is 16.7 Å². The van der Waals surface area contributed by atoms with Gasteiger partial charge >= 0.3 is 0 Å². The maximum Gasteiger partial charge on any atom is 0.257 e. The van der Waals surface area contributed by atoms with Gasteiger partial charge in [0.05, 0.1) is 0 Å². The second-order valence-corrected chi connectivity index (χ2v) is 6.80. The Hall–Kier alpha value is -4.84. The number of hydrogen-bond donors (Lipinski definition) is 2. The lowest BCUT2D eigenvalue weighted by atomic mass is 10.2. The van der Waals surface area contributed by atoms with E-state index in [2.05, 4.69) is 31.3 Å². The molecule has 0 saturated carbocycles. The minimum atomic E-state index is 0.276. The Kier molecular flexibility index (Phi) is 10.5. The molecule has 0 unspecified atom stereocenters. The molecule has 0 aliphatic carbocycles. The minimum absolute atomic E-state index is 0.276. The van der Waals surface area contributed by atoms with E-state index in [1.807, 2.05) is 127 Å². The highest BCUT2D eigenvalue weighted by Gasteiger charge is 1.92. The first-order valence-electron chi connectivity index (χ1n) is 10.7. The molecule has 0 atom stereocenters. The van der Waals surface area contributed by atoms with Gasteiger partial charge in [0, 0.05) is 18.6 Å². The Balaban J connectivity index is 1.57. The van der Waals surface area contributed by atoms with E-state index < -0.39 is 0 Å². The summed E-state index contributed by atoms with van der Waals surface area (Å²) in [6.45, 7) is 0. The molecule has 168 valence electrons. The number of rotatable bonds is 9. The van der Waals surface area contributed by atoms with E-state index in [1.165, 1.54) is 0 Å². The number of nitrogens with zero attached hydrogens (tertiary/aromatic N) is 4. The molecule has 34 heavy (non-hydrogen) atoms. The molecule has 0 aliphatic rings. The largest absolute Gasteiger partial charge is 0.257 e. The van der Waals surface area contributed by atoms with Crippen molar-refractivity contribution in [1.82, 2.24) is 10.9 Å². The van der Waals surface area contributed by atoms with E-state index in [9.17, 15) is 0 Å². The summed E-state index contributed by atoms with van der Waals surface area (Å²) < 4.78 is 0. The summed E-state index contributed by atoms with van der Waals surface area (Å²) in [5, 5.41) is 16.4. The van der Waals surface area contributed by atoms with Crippen LogP contribution in [-0.2, 0) is 0 Å². The van der Waals surface area contributed by atoms with Gasteiger partial charge < -0.3 is 0 Å². The number of benzene rings is 3. The number of allylic oxidation sites excluding steroid dienone is 3. The van der Waals surface area contributed by atoms with Gasteiger partial charge in [-0.15, -0.1) is 5.10 Å². The molecule has 0 radical (unpaired) electrons. The summed E-state index contributed by atoms with van der Waals surface area (Å²) in [5.74, 6) is 0.276. The summed E-state index contributed by atoms with van der Waals surface area (Å²) in [5.41, 5.74) is 8.87. The zero-order valence-corrected chi connectivity index (χ0v) is 18.6. The number of hydrogen-bond acceptors (Lipinski definition) is 4. The molecule has 0 heterocycles. The summed E-state index contributed by atoms with van der Waals surface area (Å²) in [6, 6.07) is 29.9. The van der Waals surface area contributed by atoms with Crippen molar-refractivity contribution in [3.05, 3.63) is 126 Å². The van der Waals surface area contributed by atoms with Crippen LogP contribution in [-0.4, -0.2) is 24.6 Å². The van der Waals surface area contributed by atoms with Crippen molar-refractivity contribution in [3.63, 3.8) is 0 Å². The molecule has 6 heteroatoms. The lowest BCUT2D eigenvalue weighted by Crippen LogP contribution is -2.30. The molecule has 0 fully saturated rings. The fourth-order valence-corrected chi connectivity index (χ4v) is 2.64. The molecule has 3 rings (SSSR count). The molecule has 0 aromatic heterocycles. The Morgan fingerprint density at radius 3 is 1.29 bits per heavy atom. The fourth-order valence-electron chi connectivity index (χ4n) is 2.64. The third-order valence-electron chi connectivity index (χ3n) is 4.24. The van der Waals surface area contributed by atoms with Gasteiger partial charge in [-0.25, -0.2) is 10.9 Å². The first-order valence-corrected chi connectivity index (χ1v) is 10.7. The standard InChI is InChI=1S/C28H26N6/c1-4-13-25(14-5-1)19-10-22-29-32-28(33-30-23-11-20-26-15-6-2-7-16-26)34-31-24-12-21-27-17-8-3-9-18-27/h1-24H,(H2,32,33,34). The minimum Gasteiger partial charge on any atom is -0.244 e. The van der Waals surface area contributed by atoms with E-state index in [4.69, 9.17) is 0 Å². The van der Waals surface area contributed by atoms with E-state index in [0.29, 0.717) is 0 Å². The molecule has 2 N–H and O–H groups in total. The Bertz CT molecular complexity index is 1110. The van der Waals surface area contributed by atoms with Crippen LogP contribution in [0.3, 0.4) is 0 Å². The Labute approximate surface area is 200 Å². The molecule has 0 aliphatic heterocycles. The van der Waals surface area contributed by atoms with Crippen molar-refractivity contribution in [2.24, 2.45) is 20.4 Å².